The van der Waals surface area contributed by atoms with Gasteiger partial charge >= 0.3 is 109 Å². The molecule has 0 atom stereocenters. The Morgan fingerprint density at radius 2 is 1.19 bits per heavy atom. The van der Waals surface area contributed by atoms with E-state index in [4.69, 9.17) is 0 Å². The summed E-state index contributed by atoms with van der Waals surface area (Å²) in [4.78, 5) is 0. The molecule has 0 aromatic rings. The summed E-state index contributed by atoms with van der Waals surface area (Å²) in [5.74, 6) is 1.83. The van der Waals surface area contributed by atoms with E-state index in [0.29, 0.717) is 0 Å². The van der Waals surface area contributed by atoms with E-state index in [1.807, 2.05) is 0 Å². The molecule has 0 aromatic carbocycles. The molecule has 0 nitrogen and oxygen atoms in total. The van der Waals surface area contributed by atoms with Crippen molar-refractivity contribution in [2.75, 3.05) is 0 Å². The molecule has 0 unspecified atom stereocenters. The molecule has 0 N–H and O–H groups in total. The molecule has 0 fully saturated rings. The molecule has 0 aliphatic carbocycles. The van der Waals surface area contributed by atoms with Crippen molar-refractivity contribution >= 4 is 18.4 Å². The standard InChI is InChI=1S/2C5H11.C3H7.C2H5.Sn/c2*1-4-5(2)3;1-3-2;1-2;/h2*5H,1,4H2,2-3H3;1,3H2,2H3;1H2,2H3;. The van der Waals surface area contributed by atoms with Crippen LogP contribution in [0.3, 0.4) is 0 Å². The van der Waals surface area contributed by atoms with E-state index in [0.717, 1.165) is 11.8 Å². The number of hydrogen-bond donors (Lipinski definition) is 0. The molecule has 0 spiro atoms. The van der Waals surface area contributed by atoms with Gasteiger partial charge in [0.15, 0.2) is 0 Å². The molecule has 0 aromatic heterocycles. The van der Waals surface area contributed by atoms with Gasteiger partial charge < -0.3 is 0 Å². The Balaban J connectivity index is 4.31. The molecule has 0 aliphatic rings. The zero-order valence-electron chi connectivity index (χ0n) is 12.6. The molecule has 0 aliphatic heterocycles. The predicted molar refractivity (Wildman–Crippen MR) is 79.9 cm³/mol. The maximum absolute atomic E-state index is 2.49. The van der Waals surface area contributed by atoms with E-state index < -0.39 is 18.4 Å². The average molecular weight is 333 g/mol. The molecule has 0 heterocycles. The van der Waals surface area contributed by atoms with Gasteiger partial charge in [-0.1, -0.05) is 0 Å². The van der Waals surface area contributed by atoms with Crippen molar-refractivity contribution in [3.63, 3.8) is 0 Å². The molecule has 1 heteroatoms. The molecule has 0 saturated carbocycles. The summed E-state index contributed by atoms with van der Waals surface area (Å²) < 4.78 is 6.54. The van der Waals surface area contributed by atoms with E-state index >= 15 is 0 Å². The van der Waals surface area contributed by atoms with Crippen LogP contribution in [0.4, 0.5) is 0 Å². The fraction of sp³-hybridized carbons (Fsp3) is 1.00. The van der Waals surface area contributed by atoms with Crippen LogP contribution in [0, 0.1) is 11.8 Å². The topological polar surface area (TPSA) is 0 Å². The van der Waals surface area contributed by atoms with Gasteiger partial charge in [0.05, 0.1) is 0 Å². The van der Waals surface area contributed by atoms with Crippen LogP contribution in [0.1, 0.15) is 60.8 Å². The Bertz CT molecular complexity index is 149. The van der Waals surface area contributed by atoms with Gasteiger partial charge in [-0.15, -0.1) is 0 Å². The summed E-state index contributed by atoms with van der Waals surface area (Å²) in [6, 6.07) is 0. The molecule has 0 rings (SSSR count). The first-order chi connectivity index (χ1) is 7.45. The maximum atomic E-state index is 2.49. The van der Waals surface area contributed by atoms with Crippen LogP contribution in [-0.4, -0.2) is 18.4 Å². The second-order valence-electron chi connectivity index (χ2n) is 6.47. The minimum atomic E-state index is -1.69. The number of hydrogen-bond acceptors (Lipinski definition) is 0. The normalized spacial score (nSPS) is 12.8. The van der Waals surface area contributed by atoms with Gasteiger partial charge in [0.2, 0.25) is 0 Å². The minimum absolute atomic E-state index is 0.915. The van der Waals surface area contributed by atoms with Crippen molar-refractivity contribution in [2.45, 2.75) is 78.6 Å². The summed E-state index contributed by atoms with van der Waals surface area (Å²) in [5.41, 5.74) is 0. The fourth-order valence-electron chi connectivity index (χ4n) is 2.63. The first kappa shape index (κ1) is 16.8. The van der Waals surface area contributed by atoms with Crippen molar-refractivity contribution in [3.05, 3.63) is 0 Å². The van der Waals surface area contributed by atoms with Gasteiger partial charge in [-0.3, -0.25) is 0 Å². The van der Waals surface area contributed by atoms with E-state index in [-0.39, 0.29) is 0 Å². The zero-order valence-corrected chi connectivity index (χ0v) is 15.5. The zero-order chi connectivity index (χ0) is 12.6. The van der Waals surface area contributed by atoms with Gasteiger partial charge in [-0.2, -0.15) is 0 Å². The Morgan fingerprint density at radius 3 is 1.44 bits per heavy atom. The van der Waals surface area contributed by atoms with Crippen molar-refractivity contribution in [3.8, 4) is 0 Å². The first-order valence-corrected chi connectivity index (χ1v) is 15.5. The second-order valence-corrected chi connectivity index (χ2v) is 21.3. The number of rotatable bonds is 9. The average Bonchev–Trinajstić information content (AvgIpc) is 2.22. The van der Waals surface area contributed by atoms with Crippen molar-refractivity contribution < 1.29 is 0 Å². The van der Waals surface area contributed by atoms with E-state index in [1.165, 1.54) is 19.3 Å². The summed E-state index contributed by atoms with van der Waals surface area (Å²) in [6.07, 6.45) is 4.45. The Morgan fingerprint density at radius 1 is 0.750 bits per heavy atom. The Hall–Kier alpha value is 0.799. The van der Waals surface area contributed by atoms with Crippen LogP contribution in [0.25, 0.3) is 0 Å². The third kappa shape index (κ3) is 7.19. The van der Waals surface area contributed by atoms with Gasteiger partial charge in [0.25, 0.3) is 0 Å². The van der Waals surface area contributed by atoms with E-state index in [1.54, 1.807) is 17.7 Å². The molecule has 0 amide bonds. The van der Waals surface area contributed by atoms with E-state index in [9.17, 15) is 0 Å². The van der Waals surface area contributed by atoms with Gasteiger partial charge in [0, 0.05) is 0 Å². The van der Waals surface area contributed by atoms with Crippen molar-refractivity contribution in [1.82, 2.24) is 0 Å². The third-order valence-corrected chi connectivity index (χ3v) is 20.5. The van der Waals surface area contributed by atoms with Crippen LogP contribution in [0.5, 0.6) is 0 Å². The van der Waals surface area contributed by atoms with Crippen LogP contribution >= 0.6 is 0 Å². The molecule has 98 valence electrons. The summed E-state index contributed by atoms with van der Waals surface area (Å²) in [6.45, 7) is 14.4. The first-order valence-electron chi connectivity index (χ1n) is 7.45. The molecular weight excluding hydrogens is 299 g/mol. The van der Waals surface area contributed by atoms with E-state index in [2.05, 4.69) is 41.5 Å². The van der Waals surface area contributed by atoms with Crippen LogP contribution in [-0.2, 0) is 0 Å². The third-order valence-electron chi connectivity index (χ3n) is 4.03. The fourth-order valence-corrected chi connectivity index (χ4v) is 17.6. The predicted octanol–water partition coefficient (Wildman–Crippen LogP) is 5.96. The summed E-state index contributed by atoms with van der Waals surface area (Å²) in [7, 11) is 0. The molecular formula is C15H34Sn. The molecule has 0 radical (unpaired) electrons. The monoisotopic (exact) mass is 334 g/mol. The summed E-state index contributed by atoms with van der Waals surface area (Å²) >= 11 is -1.69. The van der Waals surface area contributed by atoms with Gasteiger partial charge in [-0.25, -0.2) is 0 Å². The second kappa shape index (κ2) is 8.83. The molecule has 0 saturated heterocycles. The quantitative estimate of drug-likeness (QED) is 0.457. The summed E-state index contributed by atoms with van der Waals surface area (Å²) in [5, 5.41) is 0. The molecule has 0 bridgehead atoms. The van der Waals surface area contributed by atoms with Gasteiger partial charge in [-0.05, 0) is 0 Å². The Kier molecular flexibility index (Phi) is 9.27. The van der Waals surface area contributed by atoms with Gasteiger partial charge in [0.1, 0.15) is 0 Å². The Labute approximate surface area is 108 Å². The molecule has 16 heavy (non-hydrogen) atoms. The van der Waals surface area contributed by atoms with Crippen LogP contribution < -0.4 is 0 Å². The van der Waals surface area contributed by atoms with Crippen LogP contribution in [0.2, 0.25) is 17.7 Å². The van der Waals surface area contributed by atoms with Crippen LogP contribution in [0.15, 0.2) is 0 Å². The van der Waals surface area contributed by atoms with Crippen molar-refractivity contribution in [1.29, 1.82) is 0 Å². The van der Waals surface area contributed by atoms with Crippen molar-refractivity contribution in [2.24, 2.45) is 11.8 Å². The SMILES string of the molecule is CC[CH2][Sn]([CH2]C)([CH2]CC(C)C)[CH2]CC(C)C.